The number of fused-ring (bicyclic) bond motifs is 1. The molecule has 2 aliphatic rings. The Morgan fingerprint density at radius 3 is 2.69 bits per heavy atom. The van der Waals surface area contributed by atoms with Gasteiger partial charge in [0.1, 0.15) is 11.5 Å². The number of hydrogen-bond acceptors (Lipinski definition) is 5. The monoisotopic (exact) mass is 355 g/mol. The summed E-state index contributed by atoms with van der Waals surface area (Å²) in [6.45, 7) is 2.89. The SMILES string of the molecule is Cc1cc(NC(=O)C2CCN(C(=O)C3Cc4ccccc4O3)CC2)no1. The Hall–Kier alpha value is -2.83. The number of ether oxygens (including phenoxy) is 1. The van der Waals surface area contributed by atoms with Gasteiger partial charge in [0.25, 0.3) is 5.91 Å². The van der Waals surface area contributed by atoms with Gasteiger partial charge in [0, 0.05) is 31.5 Å². The third-order valence-corrected chi connectivity index (χ3v) is 4.98. The van der Waals surface area contributed by atoms with Crippen molar-refractivity contribution in [2.45, 2.75) is 32.3 Å². The number of amides is 2. The molecule has 2 aromatic rings. The molecule has 2 aliphatic heterocycles. The minimum Gasteiger partial charge on any atom is -0.480 e. The van der Waals surface area contributed by atoms with Gasteiger partial charge in [-0.15, -0.1) is 0 Å². The maximum absolute atomic E-state index is 12.7. The smallest absolute Gasteiger partial charge is 0.263 e. The summed E-state index contributed by atoms with van der Waals surface area (Å²) in [6, 6.07) is 9.43. The Morgan fingerprint density at radius 2 is 2.00 bits per heavy atom. The molecular weight excluding hydrogens is 334 g/mol. The van der Waals surface area contributed by atoms with Crippen molar-refractivity contribution in [1.82, 2.24) is 10.1 Å². The van der Waals surface area contributed by atoms with Crippen molar-refractivity contribution in [3.05, 3.63) is 41.7 Å². The number of anilines is 1. The van der Waals surface area contributed by atoms with Crippen molar-refractivity contribution >= 4 is 17.6 Å². The van der Waals surface area contributed by atoms with Crippen LogP contribution in [0.2, 0.25) is 0 Å². The lowest BCUT2D eigenvalue weighted by Crippen LogP contribution is -2.46. The lowest BCUT2D eigenvalue weighted by atomic mass is 9.95. The zero-order valence-electron chi connectivity index (χ0n) is 14.6. The highest BCUT2D eigenvalue weighted by Gasteiger charge is 2.35. The van der Waals surface area contributed by atoms with Crippen LogP contribution in [0.25, 0.3) is 0 Å². The molecule has 1 N–H and O–H groups in total. The summed E-state index contributed by atoms with van der Waals surface area (Å²) in [4.78, 5) is 26.9. The molecule has 1 fully saturated rings. The molecule has 2 amide bonds. The average Bonchev–Trinajstić information content (AvgIpc) is 3.27. The van der Waals surface area contributed by atoms with E-state index in [1.165, 1.54) is 0 Å². The van der Waals surface area contributed by atoms with Crippen molar-refractivity contribution in [1.29, 1.82) is 0 Å². The quantitative estimate of drug-likeness (QED) is 0.912. The normalized spacial score (nSPS) is 19.7. The van der Waals surface area contributed by atoms with Crippen LogP contribution < -0.4 is 10.1 Å². The van der Waals surface area contributed by atoms with Crippen LogP contribution in [0.15, 0.2) is 34.9 Å². The van der Waals surface area contributed by atoms with Crippen molar-refractivity contribution in [2.75, 3.05) is 18.4 Å². The Balaban J connectivity index is 1.29. The van der Waals surface area contributed by atoms with E-state index in [0.29, 0.717) is 43.9 Å². The fraction of sp³-hybridized carbons (Fsp3) is 0.421. The van der Waals surface area contributed by atoms with E-state index in [1.54, 1.807) is 17.9 Å². The van der Waals surface area contributed by atoms with Gasteiger partial charge in [-0.2, -0.15) is 0 Å². The van der Waals surface area contributed by atoms with Gasteiger partial charge in [0.05, 0.1) is 0 Å². The highest BCUT2D eigenvalue weighted by atomic mass is 16.5. The fourth-order valence-electron chi connectivity index (χ4n) is 3.54. The largest absolute Gasteiger partial charge is 0.480 e. The number of piperidine rings is 1. The molecule has 0 radical (unpaired) electrons. The molecule has 0 aliphatic carbocycles. The van der Waals surface area contributed by atoms with E-state index in [0.717, 1.165) is 11.3 Å². The summed E-state index contributed by atoms with van der Waals surface area (Å²) < 4.78 is 10.7. The van der Waals surface area contributed by atoms with Gasteiger partial charge >= 0.3 is 0 Å². The first-order valence-corrected chi connectivity index (χ1v) is 8.87. The van der Waals surface area contributed by atoms with Gasteiger partial charge in [-0.05, 0) is 31.4 Å². The molecule has 1 aromatic heterocycles. The fourth-order valence-corrected chi connectivity index (χ4v) is 3.54. The van der Waals surface area contributed by atoms with Gasteiger partial charge < -0.3 is 19.5 Å². The predicted molar refractivity (Wildman–Crippen MR) is 93.7 cm³/mol. The lowest BCUT2D eigenvalue weighted by Gasteiger charge is -2.32. The van der Waals surface area contributed by atoms with Crippen molar-refractivity contribution < 1.29 is 18.8 Å². The molecule has 1 unspecified atom stereocenters. The summed E-state index contributed by atoms with van der Waals surface area (Å²) in [7, 11) is 0. The number of carbonyl (C=O) groups is 2. The number of carbonyl (C=O) groups excluding carboxylic acids is 2. The summed E-state index contributed by atoms with van der Waals surface area (Å²) in [5.74, 6) is 1.68. The first-order valence-electron chi connectivity index (χ1n) is 8.87. The number of nitrogens with one attached hydrogen (secondary N) is 1. The van der Waals surface area contributed by atoms with E-state index in [-0.39, 0.29) is 17.7 Å². The average molecular weight is 355 g/mol. The second-order valence-electron chi connectivity index (χ2n) is 6.83. The minimum atomic E-state index is -0.448. The van der Waals surface area contributed by atoms with Crippen molar-refractivity contribution in [2.24, 2.45) is 5.92 Å². The van der Waals surface area contributed by atoms with Crippen LogP contribution >= 0.6 is 0 Å². The van der Waals surface area contributed by atoms with E-state index in [2.05, 4.69) is 10.5 Å². The van der Waals surface area contributed by atoms with Crippen LogP contribution in [-0.2, 0) is 16.0 Å². The van der Waals surface area contributed by atoms with E-state index >= 15 is 0 Å². The molecule has 1 saturated heterocycles. The first kappa shape index (κ1) is 16.6. The summed E-state index contributed by atoms with van der Waals surface area (Å²) in [6.07, 6.45) is 1.43. The van der Waals surface area contributed by atoms with Crippen LogP contribution in [0.5, 0.6) is 5.75 Å². The predicted octanol–water partition coefficient (Wildman–Crippen LogP) is 2.16. The number of aromatic nitrogens is 1. The topological polar surface area (TPSA) is 84.7 Å². The standard InChI is InChI=1S/C19H21N3O4/c1-12-10-17(21-26-12)20-18(23)13-6-8-22(9-7-13)19(24)16-11-14-4-2-3-5-15(14)25-16/h2-5,10,13,16H,6-9,11H2,1H3,(H,20,21,23). The van der Waals surface area contributed by atoms with Crippen molar-refractivity contribution in [3.8, 4) is 5.75 Å². The van der Waals surface area contributed by atoms with Crippen molar-refractivity contribution in [3.63, 3.8) is 0 Å². The minimum absolute atomic E-state index is 0.00665. The second kappa shape index (κ2) is 6.82. The van der Waals surface area contributed by atoms with E-state index in [1.807, 2.05) is 24.3 Å². The molecule has 4 rings (SSSR count). The number of hydrogen-bond donors (Lipinski definition) is 1. The zero-order chi connectivity index (χ0) is 18.1. The number of aryl methyl sites for hydroxylation is 1. The maximum atomic E-state index is 12.7. The molecule has 3 heterocycles. The molecule has 0 saturated carbocycles. The molecule has 136 valence electrons. The summed E-state index contributed by atoms with van der Waals surface area (Å²) in [5.41, 5.74) is 1.07. The molecule has 26 heavy (non-hydrogen) atoms. The number of rotatable bonds is 3. The highest BCUT2D eigenvalue weighted by Crippen LogP contribution is 2.30. The molecule has 1 atom stereocenters. The molecule has 1 aromatic carbocycles. The number of nitrogens with zero attached hydrogens (tertiary/aromatic N) is 2. The lowest BCUT2D eigenvalue weighted by molar-refractivity contribution is -0.140. The maximum Gasteiger partial charge on any atom is 0.263 e. The van der Waals surface area contributed by atoms with E-state index in [9.17, 15) is 9.59 Å². The van der Waals surface area contributed by atoms with E-state index < -0.39 is 6.10 Å². The number of likely N-dealkylation sites (tertiary alicyclic amines) is 1. The second-order valence-corrected chi connectivity index (χ2v) is 6.83. The summed E-state index contributed by atoms with van der Waals surface area (Å²) in [5, 5.41) is 6.55. The summed E-state index contributed by atoms with van der Waals surface area (Å²) >= 11 is 0. The Bertz CT molecular complexity index is 799. The first-order chi connectivity index (χ1) is 12.6. The Morgan fingerprint density at radius 1 is 1.23 bits per heavy atom. The van der Waals surface area contributed by atoms with Gasteiger partial charge in [-0.1, -0.05) is 23.4 Å². The molecular formula is C19H21N3O4. The van der Waals surface area contributed by atoms with Crippen LogP contribution in [0.3, 0.4) is 0 Å². The van der Waals surface area contributed by atoms with E-state index in [4.69, 9.17) is 9.26 Å². The Kier molecular flexibility index (Phi) is 4.36. The van der Waals surface area contributed by atoms with Gasteiger partial charge in [0.15, 0.2) is 11.9 Å². The van der Waals surface area contributed by atoms with Gasteiger partial charge in [0.2, 0.25) is 5.91 Å². The zero-order valence-corrected chi connectivity index (χ0v) is 14.6. The molecule has 0 spiro atoms. The Labute approximate surface area is 151 Å². The van der Waals surface area contributed by atoms with Crippen LogP contribution in [-0.4, -0.2) is 41.1 Å². The number of benzene rings is 1. The van der Waals surface area contributed by atoms with Crippen LogP contribution in [0.1, 0.15) is 24.2 Å². The highest BCUT2D eigenvalue weighted by molar-refractivity contribution is 5.92. The molecule has 0 bridgehead atoms. The number of para-hydroxylation sites is 1. The van der Waals surface area contributed by atoms with Gasteiger partial charge in [-0.25, -0.2) is 0 Å². The third-order valence-electron chi connectivity index (χ3n) is 4.98. The third kappa shape index (κ3) is 3.29. The molecule has 7 heteroatoms. The van der Waals surface area contributed by atoms with Crippen LogP contribution in [0.4, 0.5) is 5.82 Å². The van der Waals surface area contributed by atoms with Gasteiger partial charge in [-0.3, -0.25) is 9.59 Å². The molecule has 7 nitrogen and oxygen atoms in total. The van der Waals surface area contributed by atoms with Crippen LogP contribution in [0, 0.1) is 12.8 Å².